The van der Waals surface area contributed by atoms with E-state index in [1.807, 2.05) is 30.3 Å². The molecule has 7 heteroatoms. The van der Waals surface area contributed by atoms with Crippen molar-refractivity contribution in [2.45, 2.75) is 6.42 Å². The van der Waals surface area contributed by atoms with Gasteiger partial charge in [-0.05, 0) is 22.6 Å². The third-order valence-corrected chi connectivity index (χ3v) is 3.66. The van der Waals surface area contributed by atoms with Gasteiger partial charge in [-0.25, -0.2) is 0 Å². The summed E-state index contributed by atoms with van der Waals surface area (Å²) in [5, 5.41) is 15.1. The number of tetrazole rings is 1. The van der Waals surface area contributed by atoms with Gasteiger partial charge in [-0.15, -0.1) is 0 Å². The molecule has 7 nitrogen and oxygen atoms in total. The van der Waals surface area contributed by atoms with E-state index >= 15 is 0 Å². The summed E-state index contributed by atoms with van der Waals surface area (Å²) in [6, 6.07) is 9.90. The Morgan fingerprint density at radius 1 is 1.19 bits per heavy atom. The molecule has 1 fully saturated rings. The molecule has 21 heavy (non-hydrogen) atoms. The van der Waals surface area contributed by atoms with Crippen molar-refractivity contribution in [3.8, 4) is 5.69 Å². The van der Waals surface area contributed by atoms with E-state index in [-0.39, 0.29) is 0 Å². The molecule has 1 aromatic carbocycles. The molecule has 0 bridgehead atoms. The number of rotatable bonds is 6. The van der Waals surface area contributed by atoms with Crippen LogP contribution in [0.25, 0.3) is 5.69 Å². The largest absolute Gasteiger partial charge is 0.370 e. The lowest BCUT2D eigenvalue weighted by atomic mass is 10.3. The average Bonchev–Trinajstić information content (AvgIpc) is 3.02. The van der Waals surface area contributed by atoms with Gasteiger partial charge in [-0.2, -0.15) is 4.68 Å². The van der Waals surface area contributed by atoms with Crippen molar-refractivity contribution < 1.29 is 9.64 Å². The molecule has 0 atom stereocenters. The van der Waals surface area contributed by atoms with E-state index in [0.29, 0.717) is 5.95 Å². The second-order valence-electron chi connectivity index (χ2n) is 5.14. The fourth-order valence-electron chi connectivity index (χ4n) is 2.49. The molecule has 0 unspecified atom stereocenters. The molecule has 112 valence electrons. The zero-order valence-corrected chi connectivity index (χ0v) is 12.0. The number of ether oxygens (including phenoxy) is 1. The number of anilines is 1. The van der Waals surface area contributed by atoms with Gasteiger partial charge in [0.25, 0.3) is 0 Å². The van der Waals surface area contributed by atoms with Crippen LogP contribution in [0, 0.1) is 0 Å². The first-order valence-electron chi connectivity index (χ1n) is 7.42. The number of para-hydroxylation sites is 1. The maximum absolute atomic E-state index is 5.36. The first-order chi connectivity index (χ1) is 10.4. The molecule has 0 radical (unpaired) electrons. The number of hydrogen-bond donors (Lipinski definition) is 2. The van der Waals surface area contributed by atoms with Crippen LogP contribution in [0.1, 0.15) is 6.42 Å². The standard InChI is InChI=1S/C14H20N6O/c1-2-5-13(6-3-1)20-14(16-17-18-20)15-7-4-8-19-9-11-21-12-10-19/h1-3,5-6H,4,7-12H2,(H,15,16,18)/p+1. The number of nitrogens with zero attached hydrogens (tertiary/aromatic N) is 4. The Morgan fingerprint density at radius 3 is 2.81 bits per heavy atom. The SMILES string of the molecule is c1ccc(-n2nnnc2NCCC[NH+]2CCOCC2)cc1. The molecule has 3 rings (SSSR count). The van der Waals surface area contributed by atoms with Crippen LogP contribution in [-0.4, -0.2) is 59.6 Å². The Morgan fingerprint density at radius 2 is 2.00 bits per heavy atom. The molecular formula is C14H21N6O+. The predicted molar refractivity (Wildman–Crippen MR) is 78.6 cm³/mol. The van der Waals surface area contributed by atoms with Crippen LogP contribution in [0.5, 0.6) is 0 Å². The minimum absolute atomic E-state index is 0.693. The van der Waals surface area contributed by atoms with Gasteiger partial charge in [0.2, 0.25) is 5.95 Å². The zero-order valence-electron chi connectivity index (χ0n) is 12.0. The second-order valence-corrected chi connectivity index (χ2v) is 5.14. The molecule has 1 aromatic heterocycles. The lowest BCUT2D eigenvalue weighted by Gasteiger charge is -2.23. The number of quaternary nitrogens is 1. The normalized spacial score (nSPS) is 16.0. The highest BCUT2D eigenvalue weighted by atomic mass is 16.5. The summed E-state index contributed by atoms with van der Waals surface area (Å²) in [4.78, 5) is 1.62. The van der Waals surface area contributed by atoms with Crippen LogP contribution in [0.15, 0.2) is 30.3 Å². The molecule has 2 N–H and O–H groups in total. The van der Waals surface area contributed by atoms with Crippen molar-refractivity contribution in [3.05, 3.63) is 30.3 Å². The zero-order chi connectivity index (χ0) is 14.3. The molecule has 0 aliphatic carbocycles. The molecule has 0 spiro atoms. The highest BCUT2D eigenvalue weighted by molar-refractivity contribution is 5.38. The molecular weight excluding hydrogens is 268 g/mol. The van der Waals surface area contributed by atoms with Crippen LogP contribution in [-0.2, 0) is 4.74 Å². The average molecular weight is 289 g/mol. The Balaban J connectivity index is 1.49. The summed E-state index contributed by atoms with van der Waals surface area (Å²) in [6.45, 7) is 6.02. The highest BCUT2D eigenvalue weighted by Gasteiger charge is 2.13. The second kappa shape index (κ2) is 7.14. The number of aromatic nitrogens is 4. The van der Waals surface area contributed by atoms with Gasteiger partial charge in [-0.1, -0.05) is 23.3 Å². The third kappa shape index (κ3) is 3.77. The van der Waals surface area contributed by atoms with Gasteiger partial charge in [-0.3, -0.25) is 0 Å². The number of benzene rings is 1. The smallest absolute Gasteiger partial charge is 0.247 e. The maximum Gasteiger partial charge on any atom is 0.247 e. The van der Waals surface area contributed by atoms with E-state index in [1.165, 1.54) is 0 Å². The number of hydrogen-bond acceptors (Lipinski definition) is 5. The fourth-order valence-corrected chi connectivity index (χ4v) is 2.49. The minimum atomic E-state index is 0.693. The van der Waals surface area contributed by atoms with E-state index < -0.39 is 0 Å². The number of nitrogens with one attached hydrogen (secondary N) is 2. The Bertz CT molecular complexity index is 537. The molecule has 2 heterocycles. The minimum Gasteiger partial charge on any atom is -0.370 e. The van der Waals surface area contributed by atoms with Crippen molar-refractivity contribution in [1.29, 1.82) is 0 Å². The first kappa shape index (κ1) is 14.0. The van der Waals surface area contributed by atoms with E-state index in [1.54, 1.807) is 9.58 Å². The molecule has 1 aliphatic rings. The van der Waals surface area contributed by atoms with Gasteiger partial charge < -0.3 is 15.0 Å². The van der Waals surface area contributed by atoms with Crippen molar-refractivity contribution >= 4 is 5.95 Å². The van der Waals surface area contributed by atoms with E-state index in [2.05, 4.69) is 20.8 Å². The van der Waals surface area contributed by atoms with Crippen LogP contribution < -0.4 is 10.2 Å². The molecule has 0 amide bonds. The van der Waals surface area contributed by atoms with Gasteiger partial charge in [0.05, 0.1) is 25.4 Å². The van der Waals surface area contributed by atoms with Crippen LogP contribution >= 0.6 is 0 Å². The van der Waals surface area contributed by atoms with Crippen molar-refractivity contribution in [3.63, 3.8) is 0 Å². The number of morpholine rings is 1. The van der Waals surface area contributed by atoms with Crippen LogP contribution in [0.4, 0.5) is 5.95 Å². The van der Waals surface area contributed by atoms with Crippen molar-refractivity contribution in [1.82, 2.24) is 20.2 Å². The van der Waals surface area contributed by atoms with E-state index in [9.17, 15) is 0 Å². The van der Waals surface area contributed by atoms with Gasteiger partial charge in [0.1, 0.15) is 13.1 Å². The summed E-state index contributed by atoms with van der Waals surface area (Å²) in [6.07, 6.45) is 1.09. The first-order valence-corrected chi connectivity index (χ1v) is 7.42. The topological polar surface area (TPSA) is 69.3 Å². The van der Waals surface area contributed by atoms with Gasteiger partial charge in [0.15, 0.2) is 0 Å². The predicted octanol–water partition coefficient (Wildman–Crippen LogP) is -0.621. The van der Waals surface area contributed by atoms with E-state index in [4.69, 9.17) is 4.74 Å². The van der Waals surface area contributed by atoms with Crippen LogP contribution in [0.3, 0.4) is 0 Å². The van der Waals surface area contributed by atoms with Crippen LogP contribution in [0.2, 0.25) is 0 Å². The summed E-state index contributed by atoms with van der Waals surface area (Å²) in [7, 11) is 0. The van der Waals surface area contributed by atoms with Gasteiger partial charge in [0, 0.05) is 13.0 Å². The Labute approximate surface area is 123 Å². The maximum atomic E-state index is 5.36. The third-order valence-electron chi connectivity index (χ3n) is 3.66. The highest BCUT2D eigenvalue weighted by Crippen LogP contribution is 2.09. The lowest BCUT2D eigenvalue weighted by Crippen LogP contribution is -3.14. The van der Waals surface area contributed by atoms with Crippen molar-refractivity contribution in [2.24, 2.45) is 0 Å². The molecule has 1 saturated heterocycles. The monoisotopic (exact) mass is 289 g/mol. The summed E-state index contributed by atoms with van der Waals surface area (Å²) in [5.41, 5.74) is 0.962. The molecule has 1 aliphatic heterocycles. The quantitative estimate of drug-likeness (QED) is 0.694. The summed E-state index contributed by atoms with van der Waals surface area (Å²) < 4.78 is 7.09. The van der Waals surface area contributed by atoms with Crippen molar-refractivity contribution in [2.75, 3.05) is 44.7 Å². The Hall–Kier alpha value is -1.99. The summed E-state index contributed by atoms with van der Waals surface area (Å²) in [5.74, 6) is 0.693. The van der Waals surface area contributed by atoms with Gasteiger partial charge >= 0.3 is 0 Å². The molecule has 2 aromatic rings. The lowest BCUT2D eigenvalue weighted by molar-refractivity contribution is -0.908. The fraction of sp³-hybridized carbons (Fsp3) is 0.500. The Kier molecular flexibility index (Phi) is 4.75. The summed E-state index contributed by atoms with van der Waals surface area (Å²) >= 11 is 0. The molecule has 0 saturated carbocycles. The van der Waals surface area contributed by atoms with E-state index in [0.717, 1.165) is 51.5 Å².